The minimum absolute atomic E-state index is 0. The van der Waals surface area contributed by atoms with Gasteiger partial charge in [0.25, 0.3) is 0 Å². The molecule has 0 atom stereocenters. The molecule has 0 rings (SSSR count). The highest BCUT2D eigenvalue weighted by molar-refractivity contribution is 8.13. The van der Waals surface area contributed by atoms with Crippen molar-refractivity contribution < 1.29 is 8.42 Å². The van der Waals surface area contributed by atoms with Gasteiger partial charge in [0.05, 0.1) is 5.75 Å². The molecule has 0 N–H and O–H groups in total. The van der Waals surface area contributed by atoms with Crippen LogP contribution < -0.4 is 0 Å². The number of hydrogen-bond donors (Lipinski definition) is 0. The van der Waals surface area contributed by atoms with Gasteiger partial charge in [0.2, 0.25) is 9.05 Å². The van der Waals surface area contributed by atoms with Gasteiger partial charge in [-0.15, -0.1) is 12.4 Å². The Balaban J connectivity index is -0.000000163. The predicted octanol–water partition coefficient (Wildman–Crippen LogP) is 3.97. The average Bonchev–Trinajstić information content (AvgIpc) is 2.06. The molecule has 0 aromatic carbocycles. The molecule has 0 aliphatic heterocycles. The minimum Gasteiger partial charge on any atom is -0.212 e. The lowest BCUT2D eigenvalue weighted by molar-refractivity contribution is 0.610. The van der Waals surface area contributed by atoms with Gasteiger partial charge in [0, 0.05) is 10.7 Å². The highest BCUT2D eigenvalue weighted by Gasteiger charge is 1.94. The van der Waals surface area contributed by atoms with E-state index in [1.54, 1.807) is 0 Å². The molecule has 0 saturated heterocycles. The van der Waals surface area contributed by atoms with Crippen molar-refractivity contribution in [2.75, 3.05) is 5.75 Å². The summed E-state index contributed by atoms with van der Waals surface area (Å²) < 4.78 is 19.5. The molecule has 0 saturated carbocycles. The summed E-state index contributed by atoms with van der Waals surface area (Å²) in [6.07, 6.45) is 7.01. The summed E-state index contributed by atoms with van der Waals surface area (Å²) in [4.78, 5) is 0. The Bertz CT molecular complexity index is 175. The molecule has 5 heteroatoms. The molecular formula is C9H22Cl2O2S. The largest absolute Gasteiger partial charge is 0.232 e. The first-order chi connectivity index (χ1) is 5.97. The van der Waals surface area contributed by atoms with Gasteiger partial charge >= 0.3 is 0 Å². The first kappa shape index (κ1) is 20.0. The number of rotatable bonds is 5. The Kier molecular flexibility index (Phi) is 19.3. The van der Waals surface area contributed by atoms with Crippen LogP contribution in [-0.4, -0.2) is 14.2 Å². The SMILES string of the molecule is CCCCCCC.CCS(=O)(=O)Cl.Cl. The maximum atomic E-state index is 9.77. The zero-order valence-electron chi connectivity index (χ0n) is 9.25. The highest BCUT2D eigenvalue weighted by Crippen LogP contribution is 2.00. The third-order valence-electron chi connectivity index (χ3n) is 1.55. The molecular weight excluding hydrogens is 243 g/mol. The molecule has 0 aliphatic carbocycles. The lowest BCUT2D eigenvalue weighted by Crippen LogP contribution is -1.88. The second kappa shape index (κ2) is 13.5. The van der Waals surface area contributed by atoms with Crippen LogP contribution in [0.1, 0.15) is 52.9 Å². The van der Waals surface area contributed by atoms with Gasteiger partial charge in [-0.3, -0.25) is 0 Å². The van der Waals surface area contributed by atoms with Gasteiger partial charge < -0.3 is 0 Å². The van der Waals surface area contributed by atoms with Crippen LogP contribution in [0.4, 0.5) is 0 Å². The van der Waals surface area contributed by atoms with Gasteiger partial charge in [0.1, 0.15) is 0 Å². The highest BCUT2D eigenvalue weighted by atomic mass is 35.7. The van der Waals surface area contributed by atoms with E-state index in [0.29, 0.717) is 0 Å². The van der Waals surface area contributed by atoms with E-state index in [1.165, 1.54) is 39.0 Å². The standard InChI is InChI=1S/C7H16.C2H5ClO2S.ClH/c1-3-5-7-6-4-2;1-2-6(3,4)5;/h3-7H2,1-2H3;2H2,1H3;1H. The van der Waals surface area contributed by atoms with E-state index in [-0.39, 0.29) is 18.2 Å². The maximum Gasteiger partial charge on any atom is 0.232 e. The van der Waals surface area contributed by atoms with Crippen LogP contribution in [-0.2, 0) is 9.05 Å². The van der Waals surface area contributed by atoms with Crippen molar-refractivity contribution in [3.8, 4) is 0 Å². The fourth-order valence-electron chi connectivity index (χ4n) is 0.677. The van der Waals surface area contributed by atoms with Gasteiger partial charge in [-0.05, 0) is 0 Å². The van der Waals surface area contributed by atoms with E-state index in [1.807, 2.05) is 0 Å². The van der Waals surface area contributed by atoms with Crippen molar-refractivity contribution in [2.24, 2.45) is 0 Å². The summed E-state index contributed by atoms with van der Waals surface area (Å²) in [7, 11) is 1.50. The zero-order valence-corrected chi connectivity index (χ0v) is 11.6. The normalized spacial score (nSPS) is 9.71. The summed E-state index contributed by atoms with van der Waals surface area (Å²) in [6, 6.07) is 0. The van der Waals surface area contributed by atoms with Gasteiger partial charge in [-0.1, -0.05) is 52.9 Å². The summed E-state index contributed by atoms with van der Waals surface area (Å²) in [5.41, 5.74) is 0. The third kappa shape index (κ3) is 29.4. The Hall–Kier alpha value is 0.530. The monoisotopic (exact) mass is 264 g/mol. The lowest BCUT2D eigenvalue weighted by Gasteiger charge is -1.90. The fourth-order valence-corrected chi connectivity index (χ4v) is 0.677. The average molecular weight is 265 g/mol. The molecule has 0 aromatic heterocycles. The molecule has 0 aromatic rings. The molecule has 0 radical (unpaired) electrons. The van der Waals surface area contributed by atoms with Gasteiger partial charge in [0.15, 0.2) is 0 Å². The van der Waals surface area contributed by atoms with Crippen LogP contribution in [0.25, 0.3) is 0 Å². The van der Waals surface area contributed by atoms with Crippen LogP contribution >= 0.6 is 23.1 Å². The van der Waals surface area contributed by atoms with Crippen molar-refractivity contribution in [1.82, 2.24) is 0 Å². The molecule has 14 heavy (non-hydrogen) atoms. The predicted molar refractivity (Wildman–Crippen MR) is 67.0 cm³/mol. The van der Waals surface area contributed by atoms with E-state index in [4.69, 9.17) is 0 Å². The summed E-state index contributed by atoms with van der Waals surface area (Å²) in [5, 5.41) is 0. The van der Waals surface area contributed by atoms with Crippen molar-refractivity contribution in [2.45, 2.75) is 52.9 Å². The van der Waals surface area contributed by atoms with E-state index < -0.39 is 9.05 Å². The van der Waals surface area contributed by atoms with Crippen LogP contribution in [0, 0.1) is 0 Å². The molecule has 0 fully saturated rings. The van der Waals surface area contributed by atoms with E-state index >= 15 is 0 Å². The molecule has 0 bridgehead atoms. The Morgan fingerprint density at radius 3 is 1.36 bits per heavy atom. The molecule has 90 valence electrons. The van der Waals surface area contributed by atoms with Crippen LogP contribution in [0.2, 0.25) is 0 Å². The van der Waals surface area contributed by atoms with Crippen LogP contribution in [0.15, 0.2) is 0 Å². The lowest BCUT2D eigenvalue weighted by atomic mass is 10.2. The van der Waals surface area contributed by atoms with Crippen molar-refractivity contribution in [3.05, 3.63) is 0 Å². The molecule has 0 aliphatic rings. The second-order valence-electron chi connectivity index (χ2n) is 2.89. The molecule has 0 amide bonds. The number of hydrogen-bond acceptors (Lipinski definition) is 2. The molecule has 2 nitrogen and oxygen atoms in total. The van der Waals surface area contributed by atoms with Crippen molar-refractivity contribution in [3.63, 3.8) is 0 Å². The summed E-state index contributed by atoms with van der Waals surface area (Å²) in [6.45, 7) is 5.98. The number of halogens is 2. The first-order valence-corrected chi connectivity index (χ1v) is 7.38. The summed E-state index contributed by atoms with van der Waals surface area (Å²) >= 11 is 0. The quantitative estimate of drug-likeness (QED) is 0.556. The first-order valence-electron chi connectivity index (χ1n) is 4.90. The van der Waals surface area contributed by atoms with Crippen molar-refractivity contribution in [1.29, 1.82) is 0 Å². The molecule has 0 spiro atoms. The smallest absolute Gasteiger partial charge is 0.212 e. The van der Waals surface area contributed by atoms with Crippen molar-refractivity contribution >= 4 is 32.1 Å². The Morgan fingerprint density at radius 1 is 0.929 bits per heavy atom. The van der Waals surface area contributed by atoms with Crippen LogP contribution in [0.3, 0.4) is 0 Å². The zero-order chi connectivity index (χ0) is 10.7. The molecule has 0 unspecified atom stereocenters. The van der Waals surface area contributed by atoms with Gasteiger partial charge in [-0.25, -0.2) is 8.42 Å². The number of unbranched alkanes of at least 4 members (excludes halogenated alkanes) is 4. The second-order valence-corrected chi connectivity index (χ2v) is 5.95. The van der Waals surface area contributed by atoms with E-state index in [0.717, 1.165) is 0 Å². The third-order valence-corrected chi connectivity index (χ3v) is 2.90. The Morgan fingerprint density at radius 2 is 1.21 bits per heavy atom. The van der Waals surface area contributed by atoms with E-state index in [9.17, 15) is 8.42 Å². The minimum atomic E-state index is -3.19. The maximum absolute atomic E-state index is 9.77. The molecule has 0 heterocycles. The summed E-state index contributed by atoms with van der Waals surface area (Å²) in [5.74, 6) is 0.00849. The topological polar surface area (TPSA) is 34.1 Å². The van der Waals surface area contributed by atoms with E-state index in [2.05, 4.69) is 24.5 Å². The van der Waals surface area contributed by atoms with Crippen LogP contribution in [0.5, 0.6) is 0 Å². The Labute approximate surface area is 99.3 Å². The van der Waals surface area contributed by atoms with Gasteiger partial charge in [-0.2, -0.15) is 0 Å². The fraction of sp³-hybridized carbons (Fsp3) is 1.00.